The second-order valence-electron chi connectivity index (χ2n) is 10.3. The smallest absolute Gasteiger partial charge is 0.303 e. The third-order valence-corrected chi connectivity index (χ3v) is 8.78. The van der Waals surface area contributed by atoms with Crippen molar-refractivity contribution in [2.24, 2.45) is 11.8 Å². The van der Waals surface area contributed by atoms with E-state index in [2.05, 4.69) is 36.5 Å². The number of carbonyl (C=O) groups is 3. The Balaban J connectivity index is 1.58. The molecular formula is C30H37NO6S. The van der Waals surface area contributed by atoms with Crippen molar-refractivity contribution in [3.05, 3.63) is 65.2 Å². The number of ether oxygens (including phenoxy) is 3. The highest BCUT2D eigenvalue weighted by Crippen LogP contribution is 2.44. The molecule has 2 aromatic rings. The molecule has 6 unspecified atom stereocenters. The number of amides is 1. The van der Waals surface area contributed by atoms with E-state index >= 15 is 0 Å². The molecule has 7 atom stereocenters. The molecular weight excluding hydrogens is 502 g/mol. The van der Waals surface area contributed by atoms with Gasteiger partial charge in [0, 0.05) is 37.5 Å². The van der Waals surface area contributed by atoms with Gasteiger partial charge in [0.1, 0.15) is 18.1 Å². The van der Waals surface area contributed by atoms with Gasteiger partial charge in [-0.2, -0.15) is 0 Å². The summed E-state index contributed by atoms with van der Waals surface area (Å²) in [5.41, 5.74) is 3.15. The number of rotatable bonds is 7. The first-order valence-electron chi connectivity index (χ1n) is 13.2. The van der Waals surface area contributed by atoms with Gasteiger partial charge < -0.3 is 19.5 Å². The molecule has 1 saturated heterocycles. The molecule has 0 bridgehead atoms. The molecule has 1 amide bonds. The Bertz CT molecular complexity index is 1170. The first-order chi connectivity index (χ1) is 18.1. The molecule has 0 radical (unpaired) electrons. The minimum atomic E-state index is -0.441. The van der Waals surface area contributed by atoms with Crippen molar-refractivity contribution in [3.63, 3.8) is 0 Å². The molecule has 2 aromatic carbocycles. The molecule has 7 nitrogen and oxygen atoms in total. The summed E-state index contributed by atoms with van der Waals surface area (Å²) in [5, 5.41) is 3.09. The molecule has 2 aliphatic rings. The molecule has 0 spiro atoms. The summed E-state index contributed by atoms with van der Waals surface area (Å²) in [7, 11) is 0. The van der Waals surface area contributed by atoms with Gasteiger partial charge in [0.15, 0.2) is 0 Å². The first kappa shape index (κ1) is 28.2. The highest BCUT2D eigenvalue weighted by atomic mass is 32.2. The number of thioether (sulfide) groups is 1. The van der Waals surface area contributed by atoms with Crippen LogP contribution in [0.3, 0.4) is 0 Å². The van der Waals surface area contributed by atoms with Crippen molar-refractivity contribution >= 4 is 29.6 Å². The monoisotopic (exact) mass is 539 g/mol. The van der Waals surface area contributed by atoms with E-state index in [0.29, 0.717) is 0 Å². The Kier molecular flexibility index (Phi) is 9.15. The maximum absolute atomic E-state index is 11.9. The van der Waals surface area contributed by atoms with E-state index in [0.717, 1.165) is 17.7 Å². The average molecular weight is 540 g/mol. The van der Waals surface area contributed by atoms with E-state index in [9.17, 15) is 14.4 Å². The van der Waals surface area contributed by atoms with Crippen LogP contribution in [0.25, 0.3) is 0 Å². The standard InChI is InChI=1S/C30H37NO6S/c1-17-18(2)29(36-21(5)34)30(37-28(17)16-35-20(4)33)38-23-10-8-9-22(15-23)24-13-14-27(31-19(3)32)26-12-7-6-11-25(24)26/h6-12,15,17-18,24,27-30H,13-14,16H2,1-5H3,(H,31,32)/t17?,18?,24?,27-,28?,29?,30?/m1/s1. The minimum absolute atomic E-state index is 0.0184. The Hall–Kier alpha value is -2.84. The van der Waals surface area contributed by atoms with Gasteiger partial charge in [-0.05, 0) is 47.6 Å². The van der Waals surface area contributed by atoms with E-state index in [1.54, 1.807) is 6.92 Å². The van der Waals surface area contributed by atoms with Crippen LogP contribution in [0, 0.1) is 11.8 Å². The van der Waals surface area contributed by atoms with E-state index in [1.165, 1.54) is 42.3 Å². The summed E-state index contributed by atoms with van der Waals surface area (Å²) in [4.78, 5) is 36.2. The molecule has 1 aliphatic carbocycles. The van der Waals surface area contributed by atoms with Crippen LogP contribution in [0.1, 0.15) is 76.1 Å². The summed E-state index contributed by atoms with van der Waals surface area (Å²) < 4.78 is 17.4. The fourth-order valence-electron chi connectivity index (χ4n) is 5.57. The number of nitrogens with one attached hydrogen (secondary N) is 1. The van der Waals surface area contributed by atoms with Crippen molar-refractivity contribution < 1.29 is 28.6 Å². The summed E-state index contributed by atoms with van der Waals surface area (Å²) >= 11 is 1.53. The molecule has 0 saturated carbocycles. The van der Waals surface area contributed by atoms with Gasteiger partial charge in [0.05, 0.1) is 12.1 Å². The molecule has 0 aromatic heterocycles. The van der Waals surface area contributed by atoms with Crippen molar-refractivity contribution in [3.8, 4) is 0 Å². The normalized spacial score (nSPS) is 28.6. The maximum Gasteiger partial charge on any atom is 0.303 e. The zero-order valence-electron chi connectivity index (χ0n) is 22.6. The lowest BCUT2D eigenvalue weighted by atomic mass is 9.77. The number of benzene rings is 2. The first-order valence-corrected chi connectivity index (χ1v) is 14.1. The second-order valence-corrected chi connectivity index (χ2v) is 11.5. The van der Waals surface area contributed by atoms with Crippen LogP contribution >= 0.6 is 11.8 Å². The van der Waals surface area contributed by atoms with E-state index in [1.807, 2.05) is 31.2 Å². The molecule has 1 heterocycles. The Morgan fingerprint density at radius 2 is 1.68 bits per heavy atom. The molecule has 1 N–H and O–H groups in total. The minimum Gasteiger partial charge on any atom is -0.463 e. The molecule has 38 heavy (non-hydrogen) atoms. The Morgan fingerprint density at radius 3 is 2.37 bits per heavy atom. The average Bonchev–Trinajstić information content (AvgIpc) is 2.87. The second kappa shape index (κ2) is 12.3. The van der Waals surface area contributed by atoms with Gasteiger partial charge in [-0.25, -0.2) is 0 Å². The zero-order chi connectivity index (χ0) is 27.4. The van der Waals surface area contributed by atoms with Crippen LogP contribution in [0.4, 0.5) is 0 Å². The summed E-state index contributed by atoms with van der Waals surface area (Å²) in [6, 6.07) is 16.8. The summed E-state index contributed by atoms with van der Waals surface area (Å²) in [5.74, 6) is -0.443. The third kappa shape index (κ3) is 6.59. The van der Waals surface area contributed by atoms with E-state index < -0.39 is 11.5 Å². The molecule has 204 valence electrons. The largest absolute Gasteiger partial charge is 0.463 e. The van der Waals surface area contributed by atoms with Crippen LogP contribution in [0.2, 0.25) is 0 Å². The molecule has 1 fully saturated rings. The lowest BCUT2D eigenvalue weighted by molar-refractivity contribution is -0.185. The van der Waals surface area contributed by atoms with Crippen LogP contribution in [-0.2, 0) is 28.6 Å². The van der Waals surface area contributed by atoms with E-state index in [-0.39, 0.29) is 54.4 Å². The molecule has 8 heteroatoms. The maximum atomic E-state index is 11.9. The quantitative estimate of drug-likeness (QED) is 0.473. The fourth-order valence-corrected chi connectivity index (χ4v) is 6.83. The predicted molar refractivity (Wildman–Crippen MR) is 146 cm³/mol. The third-order valence-electron chi connectivity index (χ3n) is 7.65. The lowest BCUT2D eigenvalue weighted by Crippen LogP contribution is -2.51. The van der Waals surface area contributed by atoms with Gasteiger partial charge in [-0.1, -0.05) is 62.0 Å². The van der Waals surface area contributed by atoms with Crippen LogP contribution < -0.4 is 5.32 Å². The predicted octanol–water partition coefficient (Wildman–Crippen LogP) is 5.37. The lowest BCUT2D eigenvalue weighted by Gasteiger charge is -2.43. The van der Waals surface area contributed by atoms with Crippen molar-refractivity contribution in [2.75, 3.05) is 6.61 Å². The Morgan fingerprint density at radius 1 is 0.947 bits per heavy atom. The zero-order valence-corrected chi connectivity index (χ0v) is 23.5. The number of hydrogen-bond donors (Lipinski definition) is 1. The van der Waals surface area contributed by atoms with Gasteiger partial charge >= 0.3 is 11.9 Å². The van der Waals surface area contributed by atoms with Crippen LogP contribution in [0.15, 0.2) is 53.4 Å². The highest BCUT2D eigenvalue weighted by molar-refractivity contribution is 7.99. The number of esters is 2. The summed E-state index contributed by atoms with van der Waals surface area (Å²) in [6.07, 6.45) is 1.06. The Labute approximate surface area is 229 Å². The van der Waals surface area contributed by atoms with E-state index in [4.69, 9.17) is 14.2 Å². The number of carbonyl (C=O) groups excluding carboxylic acids is 3. The van der Waals surface area contributed by atoms with Crippen LogP contribution in [-0.4, -0.2) is 42.1 Å². The van der Waals surface area contributed by atoms with Gasteiger partial charge in [0.2, 0.25) is 5.91 Å². The van der Waals surface area contributed by atoms with Crippen LogP contribution in [0.5, 0.6) is 0 Å². The van der Waals surface area contributed by atoms with Gasteiger partial charge in [0.25, 0.3) is 0 Å². The number of hydrogen-bond acceptors (Lipinski definition) is 7. The summed E-state index contributed by atoms with van der Waals surface area (Å²) in [6.45, 7) is 8.61. The topological polar surface area (TPSA) is 90.9 Å². The van der Waals surface area contributed by atoms with Crippen molar-refractivity contribution in [1.29, 1.82) is 0 Å². The van der Waals surface area contributed by atoms with Crippen molar-refractivity contribution in [2.45, 2.75) is 82.0 Å². The van der Waals surface area contributed by atoms with Gasteiger partial charge in [-0.15, -0.1) is 0 Å². The molecule has 1 aliphatic heterocycles. The van der Waals surface area contributed by atoms with Crippen molar-refractivity contribution in [1.82, 2.24) is 5.32 Å². The highest BCUT2D eigenvalue weighted by Gasteiger charge is 2.44. The number of fused-ring (bicyclic) bond motifs is 1. The SMILES string of the molecule is CC(=O)N[C@@H]1CCC(c2cccc(SC3OC(COC(C)=O)C(C)C(C)C3OC(C)=O)c2)c2ccccc21. The van der Waals surface area contributed by atoms with Gasteiger partial charge in [-0.3, -0.25) is 14.4 Å². The fraction of sp³-hybridized carbons (Fsp3) is 0.500. The molecule has 4 rings (SSSR count).